The van der Waals surface area contributed by atoms with Crippen molar-refractivity contribution in [1.82, 2.24) is 4.57 Å². The van der Waals surface area contributed by atoms with Gasteiger partial charge in [-0.25, -0.2) is 0 Å². The van der Waals surface area contributed by atoms with Gasteiger partial charge in [0.05, 0.1) is 16.7 Å². The molecule has 16 aromatic rings. The Labute approximate surface area is 472 Å². The van der Waals surface area contributed by atoms with Crippen molar-refractivity contribution in [3.63, 3.8) is 0 Å². The summed E-state index contributed by atoms with van der Waals surface area (Å²) in [7, 11) is 0. The van der Waals surface area contributed by atoms with Crippen LogP contribution in [0.25, 0.3) is 114 Å². The van der Waals surface area contributed by atoms with Crippen molar-refractivity contribution in [2.45, 2.75) is 0 Å². The molecule has 3 aromatic heterocycles. The molecule has 0 aliphatic heterocycles. The molecule has 0 atom stereocenters. The average Bonchev–Trinajstić information content (AvgIpc) is 4.43. The lowest BCUT2D eigenvalue weighted by atomic mass is 9.96. The van der Waals surface area contributed by atoms with Gasteiger partial charge in [0.15, 0.2) is 0 Å². The molecule has 16 rings (SSSR count). The molecule has 0 aliphatic carbocycles. The number of fused-ring (bicyclic) bond motifs is 12. The van der Waals surface area contributed by atoms with E-state index in [0.717, 1.165) is 89.2 Å². The van der Waals surface area contributed by atoms with Crippen LogP contribution < -0.4 is 9.80 Å². The topological polar surface area (TPSA) is 24.6 Å². The smallest absolute Gasteiger partial charge is 0.138 e. The Morgan fingerprint density at radius 3 is 1.49 bits per heavy atom. The number of thiophene rings is 1. The van der Waals surface area contributed by atoms with Crippen molar-refractivity contribution in [3.05, 3.63) is 297 Å². The van der Waals surface area contributed by atoms with Crippen molar-refractivity contribution < 1.29 is 4.42 Å². The first-order chi connectivity index (χ1) is 40.2. The normalized spacial score (nSPS) is 11.7. The molecular weight excluding hydrogens is 1000 g/mol. The summed E-state index contributed by atoms with van der Waals surface area (Å²) in [6, 6.07) is 108. The Kier molecular flexibility index (Phi) is 11.0. The summed E-state index contributed by atoms with van der Waals surface area (Å²) < 4.78 is 11.8. The van der Waals surface area contributed by atoms with Gasteiger partial charge in [0, 0.05) is 92.9 Å². The van der Waals surface area contributed by atoms with E-state index in [9.17, 15) is 0 Å². The van der Waals surface area contributed by atoms with E-state index in [1.807, 2.05) is 11.3 Å². The second-order valence-electron chi connectivity index (χ2n) is 20.8. The first-order valence-corrected chi connectivity index (χ1v) is 28.4. The van der Waals surface area contributed by atoms with E-state index in [0.29, 0.717) is 0 Å². The number of hydrogen-bond donors (Lipinski definition) is 0. The van der Waals surface area contributed by atoms with E-state index in [1.165, 1.54) is 58.7 Å². The van der Waals surface area contributed by atoms with E-state index in [-0.39, 0.29) is 0 Å². The molecule has 0 radical (unpaired) electrons. The molecule has 380 valence electrons. The third kappa shape index (κ3) is 7.81. The summed E-state index contributed by atoms with van der Waals surface area (Å²) in [5.41, 5.74) is 18.3. The van der Waals surface area contributed by atoms with Crippen LogP contribution in [-0.4, -0.2) is 4.57 Å². The van der Waals surface area contributed by atoms with Crippen LogP contribution in [0.3, 0.4) is 0 Å². The molecule has 0 saturated carbocycles. The van der Waals surface area contributed by atoms with Crippen molar-refractivity contribution in [1.29, 1.82) is 0 Å². The lowest BCUT2D eigenvalue weighted by molar-refractivity contribution is 0.669. The fourth-order valence-corrected chi connectivity index (χ4v) is 13.7. The van der Waals surface area contributed by atoms with Crippen LogP contribution in [0.5, 0.6) is 0 Å². The molecule has 0 saturated heterocycles. The third-order valence-electron chi connectivity index (χ3n) is 16.1. The summed E-state index contributed by atoms with van der Waals surface area (Å²) in [5, 5.41) is 9.38. The quantitative estimate of drug-likeness (QED) is 0.136. The monoisotopic (exact) mass is 1050 g/mol. The second-order valence-corrected chi connectivity index (χ2v) is 21.8. The predicted octanol–water partition coefficient (Wildman–Crippen LogP) is 22.1. The SMILES string of the molecule is c1ccc(-c2ccc(N(c3ccccc3)c3cc(-c4cc5c6ccccc6n(-c6ccccc6)c5c5c4sc4ccccc45)cc(N(c4ccc(-c5ccccc5)cc4)c4cc5oc6ccccc6c5c5ccccc45)c3)cc2)cc1. The molecule has 5 heteroatoms. The largest absolute Gasteiger partial charge is 0.456 e. The van der Waals surface area contributed by atoms with Crippen molar-refractivity contribution in [2.75, 3.05) is 9.80 Å². The molecule has 0 N–H and O–H groups in total. The number of furan rings is 1. The molecule has 13 aromatic carbocycles. The molecule has 0 bridgehead atoms. The van der Waals surface area contributed by atoms with Gasteiger partial charge in [-0.3, -0.25) is 0 Å². The van der Waals surface area contributed by atoms with Crippen LogP contribution in [-0.2, 0) is 0 Å². The zero-order valence-corrected chi connectivity index (χ0v) is 44.8. The highest BCUT2D eigenvalue weighted by Gasteiger charge is 2.26. The maximum atomic E-state index is 6.86. The van der Waals surface area contributed by atoms with Gasteiger partial charge >= 0.3 is 0 Å². The summed E-state index contributed by atoms with van der Waals surface area (Å²) >= 11 is 1.88. The van der Waals surface area contributed by atoms with Crippen molar-refractivity contribution in [2.24, 2.45) is 0 Å². The van der Waals surface area contributed by atoms with Crippen LogP contribution in [0.15, 0.2) is 302 Å². The van der Waals surface area contributed by atoms with Gasteiger partial charge in [-0.15, -0.1) is 11.3 Å². The van der Waals surface area contributed by atoms with Gasteiger partial charge in [-0.05, 0) is 124 Å². The minimum absolute atomic E-state index is 0.837. The van der Waals surface area contributed by atoms with Crippen LogP contribution in [0, 0.1) is 0 Å². The maximum Gasteiger partial charge on any atom is 0.138 e. The summed E-state index contributed by atoms with van der Waals surface area (Å²) in [4.78, 5) is 4.88. The molecule has 0 spiro atoms. The molecule has 0 aliphatic rings. The zero-order chi connectivity index (χ0) is 53.4. The molecule has 0 amide bonds. The Balaban J connectivity index is 1.02. The summed E-state index contributed by atoms with van der Waals surface area (Å²) in [5.74, 6) is 0. The average molecular weight is 1050 g/mol. The van der Waals surface area contributed by atoms with E-state index in [2.05, 4.69) is 312 Å². The zero-order valence-electron chi connectivity index (χ0n) is 43.9. The van der Waals surface area contributed by atoms with Gasteiger partial charge in [0.2, 0.25) is 0 Å². The number of nitrogens with zero attached hydrogens (tertiary/aromatic N) is 3. The van der Waals surface area contributed by atoms with Crippen LogP contribution in [0.2, 0.25) is 0 Å². The Morgan fingerprint density at radius 2 is 0.815 bits per heavy atom. The lowest BCUT2D eigenvalue weighted by Crippen LogP contribution is -2.14. The summed E-state index contributed by atoms with van der Waals surface area (Å²) in [6.07, 6.45) is 0. The summed E-state index contributed by atoms with van der Waals surface area (Å²) in [6.45, 7) is 0. The van der Waals surface area contributed by atoms with Gasteiger partial charge in [0.1, 0.15) is 11.2 Å². The van der Waals surface area contributed by atoms with Crippen LogP contribution in [0.1, 0.15) is 0 Å². The lowest BCUT2D eigenvalue weighted by Gasteiger charge is -2.31. The van der Waals surface area contributed by atoms with Gasteiger partial charge in [-0.2, -0.15) is 0 Å². The van der Waals surface area contributed by atoms with Crippen LogP contribution in [0.4, 0.5) is 34.1 Å². The first kappa shape index (κ1) is 46.6. The number of benzene rings is 13. The minimum atomic E-state index is 0.837. The predicted molar refractivity (Wildman–Crippen MR) is 344 cm³/mol. The van der Waals surface area contributed by atoms with E-state index < -0.39 is 0 Å². The molecule has 0 unspecified atom stereocenters. The highest BCUT2D eigenvalue weighted by Crippen LogP contribution is 2.52. The highest BCUT2D eigenvalue weighted by atomic mass is 32.1. The Bertz CT molecular complexity index is 5030. The molecule has 81 heavy (non-hydrogen) atoms. The van der Waals surface area contributed by atoms with Gasteiger partial charge in [-0.1, -0.05) is 200 Å². The maximum absolute atomic E-state index is 6.86. The van der Waals surface area contributed by atoms with E-state index in [4.69, 9.17) is 4.42 Å². The Morgan fingerprint density at radius 1 is 0.309 bits per heavy atom. The number of para-hydroxylation sites is 4. The molecule has 0 fully saturated rings. The fourth-order valence-electron chi connectivity index (χ4n) is 12.5. The molecule has 4 nitrogen and oxygen atoms in total. The first-order valence-electron chi connectivity index (χ1n) is 27.6. The van der Waals surface area contributed by atoms with Crippen molar-refractivity contribution in [3.8, 4) is 39.1 Å². The Hall–Kier alpha value is -10.5. The van der Waals surface area contributed by atoms with Gasteiger partial charge < -0.3 is 18.8 Å². The molecule has 3 heterocycles. The van der Waals surface area contributed by atoms with Crippen molar-refractivity contribution >= 4 is 120 Å². The molecular formula is C76H49N3OS. The van der Waals surface area contributed by atoms with Gasteiger partial charge in [0.25, 0.3) is 0 Å². The number of hydrogen-bond acceptors (Lipinski definition) is 4. The third-order valence-corrected chi connectivity index (χ3v) is 17.3. The standard InChI is InChI=1S/C76H49N3OS/c1-5-21-50(22-6-1)52-37-41-57(42-38-52)77(55-25-9-3-10-26-55)59-45-54(66-48-67-62-30-15-18-34-68(62)79(56-27-11-4-12-28-56)75(67)74-65-33-17-20-36-72(65)81-76(66)74)46-60(47-59)78(58-43-39-53(40-44-58)51-23-7-2-8-24-51)69-49-71-73(63-31-14-13-29-61(63)69)64-32-16-19-35-70(64)80-71/h1-49H. The number of anilines is 6. The number of aromatic nitrogens is 1. The second kappa shape index (κ2) is 19.2. The van der Waals surface area contributed by atoms with E-state index in [1.54, 1.807) is 0 Å². The number of rotatable bonds is 10. The van der Waals surface area contributed by atoms with Crippen LogP contribution >= 0.6 is 11.3 Å². The minimum Gasteiger partial charge on any atom is -0.456 e. The highest BCUT2D eigenvalue weighted by molar-refractivity contribution is 7.26. The fraction of sp³-hybridized carbons (Fsp3) is 0. The van der Waals surface area contributed by atoms with E-state index >= 15 is 0 Å².